The van der Waals surface area contributed by atoms with Crippen LogP contribution in [0.4, 0.5) is 0 Å². The Kier molecular flexibility index (Phi) is 7.15. The van der Waals surface area contributed by atoms with Crippen molar-refractivity contribution in [3.05, 3.63) is 46.3 Å². The maximum atomic E-state index is 13.8. The molecule has 8 heteroatoms. The van der Waals surface area contributed by atoms with Crippen LogP contribution < -0.4 is 14.8 Å². The number of hydrogen-bond donors (Lipinski definition) is 1. The molecule has 3 atom stereocenters. The number of ether oxygens (including phenoxy) is 4. The lowest BCUT2D eigenvalue weighted by molar-refractivity contribution is -0.151. The lowest BCUT2D eigenvalue weighted by Gasteiger charge is -2.38. The van der Waals surface area contributed by atoms with Crippen molar-refractivity contribution < 1.29 is 33.3 Å². The molecule has 8 nitrogen and oxygen atoms in total. The van der Waals surface area contributed by atoms with Crippen LogP contribution in [0.3, 0.4) is 0 Å². The lowest BCUT2D eigenvalue weighted by Crippen LogP contribution is -2.43. The quantitative estimate of drug-likeness (QED) is 0.513. The van der Waals surface area contributed by atoms with Crippen molar-refractivity contribution in [1.29, 1.82) is 0 Å². The molecule has 0 saturated carbocycles. The second kappa shape index (κ2) is 9.68. The number of carbonyl (C=O) groups is 3. The summed E-state index contributed by atoms with van der Waals surface area (Å²) < 4.78 is 21.5. The Balaban J connectivity index is 2.28. The van der Waals surface area contributed by atoms with E-state index in [4.69, 9.17) is 18.9 Å². The first kappa shape index (κ1) is 24.4. The van der Waals surface area contributed by atoms with Gasteiger partial charge in [-0.15, -0.1) is 0 Å². The van der Waals surface area contributed by atoms with Gasteiger partial charge in [-0.3, -0.25) is 9.59 Å². The number of carbonyl (C=O) groups excluding carboxylic acids is 3. The first-order chi connectivity index (χ1) is 15.6. The van der Waals surface area contributed by atoms with Crippen LogP contribution in [0.2, 0.25) is 0 Å². The van der Waals surface area contributed by atoms with Crippen LogP contribution in [0, 0.1) is 11.8 Å². The Morgan fingerprint density at radius 3 is 2.39 bits per heavy atom. The smallest absolute Gasteiger partial charge is 0.337 e. The molecule has 0 unspecified atom stereocenters. The number of nitrogens with one attached hydrogen (secondary N) is 1. The Morgan fingerprint density at radius 2 is 1.82 bits per heavy atom. The van der Waals surface area contributed by atoms with Crippen LogP contribution in [0.5, 0.6) is 11.5 Å². The molecule has 0 bridgehead atoms. The van der Waals surface area contributed by atoms with Crippen molar-refractivity contribution in [3.63, 3.8) is 0 Å². The zero-order chi connectivity index (χ0) is 24.4. The van der Waals surface area contributed by atoms with Gasteiger partial charge in [0.25, 0.3) is 0 Å². The lowest BCUT2D eigenvalue weighted by atomic mass is 9.69. The molecule has 2 aliphatic rings. The summed E-state index contributed by atoms with van der Waals surface area (Å²) in [5, 5.41) is 3.24. The summed E-state index contributed by atoms with van der Waals surface area (Å²) in [6.07, 6.45) is 0.0962. The second-order valence-electron chi connectivity index (χ2n) is 8.60. The standard InChI is InChI=1S/C25H31NO7/c1-12(2)33-25(29)20-14(4)26-17-10-13(3)19(24(28)32-7)23(27)22(17)21(20)16-11-15(30-5)8-9-18(16)31-6/h8-9,11-13,19,21,26H,10H2,1-7H3/t13-,19-,21+/m0/s1. The number of ketones is 1. The minimum Gasteiger partial charge on any atom is -0.497 e. The van der Waals surface area contributed by atoms with Crippen molar-refractivity contribution >= 4 is 17.7 Å². The summed E-state index contributed by atoms with van der Waals surface area (Å²) in [7, 11) is 4.32. The molecule has 0 radical (unpaired) electrons. The van der Waals surface area contributed by atoms with Gasteiger partial charge in [0, 0.05) is 22.5 Å². The van der Waals surface area contributed by atoms with E-state index in [1.807, 2.05) is 6.92 Å². The van der Waals surface area contributed by atoms with E-state index in [2.05, 4.69) is 5.32 Å². The SMILES string of the molecule is COC(=O)[C@@H]1C(=O)C2=C(C[C@@H]1C)NC(C)=C(C(=O)OC(C)C)[C@H]2c1cc(OC)ccc1OC. The Labute approximate surface area is 193 Å². The third-order valence-corrected chi connectivity index (χ3v) is 6.05. The van der Waals surface area contributed by atoms with Gasteiger partial charge in [0.2, 0.25) is 0 Å². The summed E-state index contributed by atoms with van der Waals surface area (Å²) >= 11 is 0. The van der Waals surface area contributed by atoms with E-state index in [0.717, 1.165) is 0 Å². The molecule has 1 N–H and O–H groups in total. The van der Waals surface area contributed by atoms with Gasteiger partial charge in [-0.1, -0.05) is 6.92 Å². The van der Waals surface area contributed by atoms with Gasteiger partial charge < -0.3 is 24.3 Å². The molecule has 1 aromatic carbocycles. The Bertz CT molecular complexity index is 1040. The maximum Gasteiger partial charge on any atom is 0.337 e. The highest BCUT2D eigenvalue weighted by Gasteiger charge is 2.48. The molecule has 0 aromatic heterocycles. The topological polar surface area (TPSA) is 100 Å². The van der Waals surface area contributed by atoms with Gasteiger partial charge in [-0.05, 0) is 51.3 Å². The van der Waals surface area contributed by atoms with E-state index in [1.54, 1.807) is 39.0 Å². The van der Waals surface area contributed by atoms with E-state index in [0.29, 0.717) is 46.0 Å². The van der Waals surface area contributed by atoms with Crippen molar-refractivity contribution in [1.82, 2.24) is 5.32 Å². The van der Waals surface area contributed by atoms with Gasteiger partial charge in [0.15, 0.2) is 5.78 Å². The van der Waals surface area contributed by atoms with E-state index in [9.17, 15) is 14.4 Å². The minimum absolute atomic E-state index is 0.263. The molecule has 0 saturated heterocycles. The molecule has 1 aromatic rings. The molecule has 1 aliphatic heterocycles. The van der Waals surface area contributed by atoms with Crippen molar-refractivity contribution in [3.8, 4) is 11.5 Å². The molecular weight excluding hydrogens is 426 g/mol. The van der Waals surface area contributed by atoms with Crippen LogP contribution in [0.25, 0.3) is 0 Å². The highest BCUT2D eigenvalue weighted by atomic mass is 16.5. The number of Topliss-reactive ketones (excluding diaryl/α,β-unsaturated/α-hetero) is 1. The van der Waals surface area contributed by atoms with Crippen LogP contribution in [0.1, 0.15) is 45.6 Å². The largest absolute Gasteiger partial charge is 0.497 e. The molecular formula is C25H31NO7. The van der Waals surface area contributed by atoms with Gasteiger partial charge in [-0.25, -0.2) is 4.79 Å². The molecule has 1 heterocycles. The Morgan fingerprint density at radius 1 is 1.12 bits per heavy atom. The second-order valence-corrected chi connectivity index (χ2v) is 8.60. The van der Waals surface area contributed by atoms with Crippen LogP contribution in [-0.2, 0) is 23.9 Å². The summed E-state index contributed by atoms with van der Waals surface area (Å²) in [6.45, 7) is 7.14. The monoisotopic (exact) mass is 457 g/mol. The Hall–Kier alpha value is -3.29. The van der Waals surface area contributed by atoms with Crippen molar-refractivity contribution in [2.45, 2.75) is 46.1 Å². The predicted molar refractivity (Wildman–Crippen MR) is 121 cm³/mol. The normalized spacial score (nSPS) is 22.5. The number of allylic oxidation sites excluding steroid dienone is 3. The van der Waals surface area contributed by atoms with Crippen LogP contribution in [0.15, 0.2) is 40.7 Å². The molecule has 0 spiro atoms. The molecule has 33 heavy (non-hydrogen) atoms. The number of hydrogen-bond acceptors (Lipinski definition) is 8. The fraction of sp³-hybridized carbons (Fsp3) is 0.480. The van der Waals surface area contributed by atoms with Gasteiger partial charge in [-0.2, -0.15) is 0 Å². The summed E-state index contributed by atoms with van der Waals surface area (Å²) in [5.41, 5.74) is 2.48. The number of dihydropyridines is 1. The van der Waals surface area contributed by atoms with Crippen molar-refractivity contribution in [2.24, 2.45) is 11.8 Å². The predicted octanol–water partition coefficient (Wildman–Crippen LogP) is 3.27. The zero-order valence-corrected chi connectivity index (χ0v) is 20.1. The number of esters is 2. The third kappa shape index (κ3) is 4.47. The first-order valence-corrected chi connectivity index (χ1v) is 10.9. The highest BCUT2D eigenvalue weighted by molar-refractivity contribution is 6.12. The highest BCUT2D eigenvalue weighted by Crippen LogP contribution is 2.48. The summed E-state index contributed by atoms with van der Waals surface area (Å²) in [6, 6.07) is 5.21. The molecule has 1 aliphatic carbocycles. The average Bonchev–Trinajstić information content (AvgIpc) is 2.76. The minimum atomic E-state index is -0.963. The van der Waals surface area contributed by atoms with Gasteiger partial charge >= 0.3 is 11.9 Å². The molecule has 3 rings (SSSR count). The fourth-order valence-corrected chi connectivity index (χ4v) is 4.60. The van der Waals surface area contributed by atoms with Gasteiger partial charge in [0.1, 0.15) is 17.4 Å². The van der Waals surface area contributed by atoms with Crippen LogP contribution in [-0.4, -0.2) is 45.2 Å². The van der Waals surface area contributed by atoms with Gasteiger partial charge in [0.05, 0.1) is 38.9 Å². The molecule has 0 fully saturated rings. The van der Waals surface area contributed by atoms with E-state index in [1.165, 1.54) is 21.3 Å². The summed E-state index contributed by atoms with van der Waals surface area (Å²) in [5.74, 6) is -2.51. The van der Waals surface area contributed by atoms with Crippen molar-refractivity contribution in [2.75, 3.05) is 21.3 Å². The number of methoxy groups -OCH3 is 3. The van der Waals surface area contributed by atoms with E-state index < -0.39 is 23.8 Å². The molecule has 0 amide bonds. The van der Waals surface area contributed by atoms with E-state index >= 15 is 0 Å². The summed E-state index contributed by atoms with van der Waals surface area (Å²) in [4.78, 5) is 39.5. The average molecular weight is 458 g/mol. The van der Waals surface area contributed by atoms with E-state index in [-0.39, 0.29) is 17.8 Å². The molecule has 178 valence electrons. The third-order valence-electron chi connectivity index (χ3n) is 6.05. The first-order valence-electron chi connectivity index (χ1n) is 10.9. The fourth-order valence-electron chi connectivity index (χ4n) is 4.60. The van der Waals surface area contributed by atoms with Crippen LogP contribution >= 0.6 is 0 Å². The number of rotatable bonds is 6. The maximum absolute atomic E-state index is 13.8. The zero-order valence-electron chi connectivity index (χ0n) is 20.1. The number of benzene rings is 1.